The molecule has 0 spiro atoms. The molecule has 1 radical (unpaired) electrons. The Morgan fingerprint density at radius 1 is 1.20 bits per heavy atom. The van der Waals surface area contributed by atoms with Gasteiger partial charge < -0.3 is 4.98 Å². The predicted octanol–water partition coefficient (Wildman–Crippen LogP) is 2.99. The molecule has 0 fully saturated rings. The smallest absolute Gasteiger partial charge is 0.107 e. The molecule has 0 amide bonds. The normalized spacial score (nSPS) is 9.47. The fourth-order valence-corrected chi connectivity index (χ4v) is 1.31. The Morgan fingerprint density at radius 2 is 2.00 bits per heavy atom. The molecule has 0 aliphatic carbocycles. The molecule has 0 aliphatic heterocycles. The number of pyridine rings is 1. The molecule has 1 nitrogen and oxygen atoms in total. The van der Waals surface area contributed by atoms with E-state index in [0.29, 0.717) is 11.3 Å². The van der Waals surface area contributed by atoms with E-state index in [1.165, 1.54) is 6.07 Å². The molecule has 0 unspecified atom stereocenters. The summed E-state index contributed by atoms with van der Waals surface area (Å²) in [5.41, 5.74) is 2.03. The molecule has 0 N–H and O–H groups in total. The van der Waals surface area contributed by atoms with Gasteiger partial charge in [-0.05, 0) is 12.1 Å². The third kappa shape index (κ3) is 2.71. The van der Waals surface area contributed by atoms with Crippen molar-refractivity contribution >= 4 is 0 Å². The van der Waals surface area contributed by atoms with E-state index in [9.17, 15) is 4.39 Å². The third-order valence-electron chi connectivity index (χ3n) is 1.95. The van der Waals surface area contributed by atoms with Gasteiger partial charge in [-0.25, -0.2) is 4.39 Å². The largest absolute Gasteiger partial charge is 0.302 e. The fraction of sp³-hybridized carbons (Fsp3) is 0.0833. The number of halogens is 1. The zero-order valence-corrected chi connectivity index (χ0v) is 10.5. The summed E-state index contributed by atoms with van der Waals surface area (Å²) >= 11 is 0. The van der Waals surface area contributed by atoms with Crippen molar-refractivity contribution < 1.29 is 24.5 Å². The first kappa shape index (κ1) is 12.0. The molecule has 1 aromatic carbocycles. The number of benzene rings is 1. The standard InChI is InChI=1S/C12H9FN.Ir/c1-9-4-2-5-10(8-9)12-11(13)6-3-7-14-12;/h2-7H,1H3;/q-1;. The molecule has 0 atom stereocenters. The molecule has 1 heterocycles. The van der Waals surface area contributed by atoms with Gasteiger partial charge in [0, 0.05) is 32.0 Å². The van der Waals surface area contributed by atoms with Gasteiger partial charge in [0.15, 0.2) is 0 Å². The number of aryl methyl sites for hydroxylation is 1. The third-order valence-corrected chi connectivity index (χ3v) is 1.95. The van der Waals surface area contributed by atoms with Crippen LogP contribution in [0, 0.1) is 18.8 Å². The Bertz CT molecular complexity index is 457. The first-order valence-corrected chi connectivity index (χ1v) is 4.37. The van der Waals surface area contributed by atoms with Gasteiger partial charge in [-0.3, -0.25) is 0 Å². The van der Waals surface area contributed by atoms with Gasteiger partial charge in [0.2, 0.25) is 0 Å². The maximum Gasteiger partial charge on any atom is 0.107 e. The molecule has 3 heteroatoms. The Balaban J connectivity index is 0.00000112. The Labute approximate surface area is 102 Å². The van der Waals surface area contributed by atoms with Crippen LogP contribution < -0.4 is 0 Å². The van der Waals surface area contributed by atoms with E-state index in [0.717, 1.165) is 5.56 Å². The van der Waals surface area contributed by atoms with Gasteiger partial charge in [0.25, 0.3) is 0 Å². The van der Waals surface area contributed by atoms with E-state index in [4.69, 9.17) is 0 Å². The average molecular weight is 378 g/mol. The second kappa shape index (κ2) is 5.15. The van der Waals surface area contributed by atoms with E-state index in [1.54, 1.807) is 18.3 Å². The first-order chi connectivity index (χ1) is 6.77. The van der Waals surface area contributed by atoms with Crippen LogP contribution in [-0.2, 0) is 20.1 Å². The number of nitrogens with zero attached hydrogens (tertiary/aromatic N) is 1. The summed E-state index contributed by atoms with van der Waals surface area (Å²) in [6.07, 6.45) is 1.58. The molecule has 0 bridgehead atoms. The number of hydrogen-bond donors (Lipinski definition) is 0. The van der Waals surface area contributed by atoms with Crippen molar-refractivity contribution in [1.82, 2.24) is 4.98 Å². The molecule has 0 aliphatic rings. The molecule has 2 aromatic rings. The van der Waals surface area contributed by atoms with Crippen LogP contribution in [0.1, 0.15) is 5.56 Å². The molecule has 79 valence electrons. The van der Waals surface area contributed by atoms with E-state index in [-0.39, 0.29) is 25.9 Å². The summed E-state index contributed by atoms with van der Waals surface area (Å²) in [5, 5.41) is 0. The van der Waals surface area contributed by atoms with Crippen LogP contribution in [0.15, 0.2) is 36.5 Å². The van der Waals surface area contributed by atoms with Crippen molar-refractivity contribution in [3.63, 3.8) is 0 Å². The van der Waals surface area contributed by atoms with E-state index in [2.05, 4.69) is 11.1 Å². The Kier molecular flexibility index (Phi) is 4.13. The Morgan fingerprint density at radius 3 is 2.67 bits per heavy atom. The van der Waals surface area contributed by atoms with E-state index >= 15 is 0 Å². The number of hydrogen-bond acceptors (Lipinski definition) is 1. The molecule has 0 saturated heterocycles. The summed E-state index contributed by atoms with van der Waals surface area (Å²) in [5.74, 6) is -0.311. The molecule has 1 aromatic heterocycles. The van der Waals surface area contributed by atoms with Crippen LogP contribution in [0.4, 0.5) is 4.39 Å². The average Bonchev–Trinajstić information content (AvgIpc) is 2.18. The predicted molar refractivity (Wildman–Crippen MR) is 53.2 cm³/mol. The van der Waals surface area contributed by atoms with Crippen molar-refractivity contribution in [3.8, 4) is 11.3 Å². The fourth-order valence-electron chi connectivity index (χ4n) is 1.31. The maximum absolute atomic E-state index is 13.3. The minimum Gasteiger partial charge on any atom is -0.302 e. The molecular weight excluding hydrogens is 369 g/mol. The van der Waals surface area contributed by atoms with Crippen LogP contribution in [0.5, 0.6) is 0 Å². The molecular formula is C12H9FIrN-. The van der Waals surface area contributed by atoms with Gasteiger partial charge in [-0.2, -0.15) is 0 Å². The van der Waals surface area contributed by atoms with Gasteiger partial charge >= 0.3 is 0 Å². The minimum atomic E-state index is -0.311. The quantitative estimate of drug-likeness (QED) is 0.696. The number of rotatable bonds is 1. The van der Waals surface area contributed by atoms with E-state index in [1.807, 2.05) is 19.1 Å². The Hall–Kier alpha value is -1.05. The summed E-state index contributed by atoms with van der Waals surface area (Å²) in [6, 6.07) is 11.6. The van der Waals surface area contributed by atoms with Crippen molar-refractivity contribution in [1.29, 1.82) is 0 Å². The summed E-state index contributed by atoms with van der Waals surface area (Å²) in [6.45, 7) is 1.92. The van der Waals surface area contributed by atoms with Crippen LogP contribution in [0.3, 0.4) is 0 Å². The van der Waals surface area contributed by atoms with E-state index < -0.39 is 0 Å². The monoisotopic (exact) mass is 379 g/mol. The van der Waals surface area contributed by atoms with Crippen molar-refractivity contribution in [2.75, 3.05) is 0 Å². The maximum atomic E-state index is 13.3. The molecule has 2 rings (SSSR count). The minimum absolute atomic E-state index is 0. The van der Waals surface area contributed by atoms with Crippen LogP contribution in [0.2, 0.25) is 0 Å². The van der Waals surface area contributed by atoms with Crippen LogP contribution >= 0.6 is 0 Å². The van der Waals surface area contributed by atoms with Crippen LogP contribution in [-0.4, -0.2) is 4.98 Å². The SMILES string of the molecule is Cc1[c-]c(-c2ncccc2F)ccc1.[Ir]. The van der Waals surface area contributed by atoms with Crippen LogP contribution in [0.25, 0.3) is 11.3 Å². The van der Waals surface area contributed by atoms with Crippen molar-refractivity contribution in [3.05, 3.63) is 54.0 Å². The summed E-state index contributed by atoms with van der Waals surface area (Å²) in [7, 11) is 0. The second-order valence-electron chi connectivity index (χ2n) is 3.08. The molecule has 0 saturated carbocycles. The summed E-state index contributed by atoms with van der Waals surface area (Å²) < 4.78 is 13.3. The van der Waals surface area contributed by atoms with Gasteiger partial charge in [-0.1, -0.05) is 6.92 Å². The topological polar surface area (TPSA) is 12.9 Å². The summed E-state index contributed by atoms with van der Waals surface area (Å²) in [4.78, 5) is 3.98. The first-order valence-electron chi connectivity index (χ1n) is 4.37. The zero-order valence-electron chi connectivity index (χ0n) is 8.12. The zero-order chi connectivity index (χ0) is 9.97. The second-order valence-corrected chi connectivity index (χ2v) is 3.08. The van der Waals surface area contributed by atoms with Crippen molar-refractivity contribution in [2.45, 2.75) is 6.92 Å². The number of aromatic nitrogens is 1. The van der Waals surface area contributed by atoms with Gasteiger partial charge in [0.1, 0.15) is 5.82 Å². The van der Waals surface area contributed by atoms with Gasteiger partial charge in [-0.15, -0.1) is 35.4 Å². The van der Waals surface area contributed by atoms with Crippen molar-refractivity contribution in [2.24, 2.45) is 0 Å². The van der Waals surface area contributed by atoms with Gasteiger partial charge in [0.05, 0.1) is 0 Å². The molecule has 15 heavy (non-hydrogen) atoms.